The lowest BCUT2D eigenvalue weighted by Gasteiger charge is -2.28. The highest BCUT2D eigenvalue weighted by molar-refractivity contribution is 6.31. The van der Waals surface area contributed by atoms with Gasteiger partial charge in [-0.1, -0.05) is 11.6 Å². The number of hydrogen-bond donors (Lipinski definition) is 1. The van der Waals surface area contributed by atoms with Gasteiger partial charge >= 0.3 is 12.1 Å². The van der Waals surface area contributed by atoms with E-state index in [0.29, 0.717) is 0 Å². The van der Waals surface area contributed by atoms with Crippen molar-refractivity contribution >= 4 is 23.6 Å². The SMILES string of the molecule is COc1cc(Cl)cc2c1O[C@H](C(F)(F)F)C(C(=O)O)=C2. The van der Waals surface area contributed by atoms with Crippen molar-refractivity contribution in [3.8, 4) is 11.5 Å². The molecule has 0 aliphatic carbocycles. The number of methoxy groups -OCH3 is 1. The maximum atomic E-state index is 12.9. The maximum absolute atomic E-state index is 12.9. The molecule has 1 aliphatic rings. The van der Waals surface area contributed by atoms with Crippen LogP contribution in [-0.2, 0) is 4.79 Å². The molecule has 0 bridgehead atoms. The van der Waals surface area contributed by atoms with Gasteiger partial charge in [0, 0.05) is 16.7 Å². The van der Waals surface area contributed by atoms with Crippen LogP contribution in [0.1, 0.15) is 5.56 Å². The average Bonchev–Trinajstić information content (AvgIpc) is 2.34. The molecule has 0 fully saturated rings. The lowest BCUT2D eigenvalue weighted by Crippen LogP contribution is -2.40. The molecular weight excluding hydrogens is 301 g/mol. The van der Waals surface area contributed by atoms with Crippen LogP contribution in [0.4, 0.5) is 13.2 Å². The molecule has 0 spiro atoms. The van der Waals surface area contributed by atoms with Crippen LogP contribution in [0.15, 0.2) is 17.7 Å². The summed E-state index contributed by atoms with van der Waals surface area (Å²) in [7, 11) is 1.24. The number of ether oxygens (including phenoxy) is 2. The van der Waals surface area contributed by atoms with Crippen LogP contribution < -0.4 is 9.47 Å². The third-order valence-electron chi connectivity index (χ3n) is 2.64. The van der Waals surface area contributed by atoms with Crippen molar-refractivity contribution in [1.82, 2.24) is 0 Å². The van der Waals surface area contributed by atoms with E-state index in [-0.39, 0.29) is 22.1 Å². The first-order chi connectivity index (χ1) is 9.24. The van der Waals surface area contributed by atoms with E-state index in [0.717, 1.165) is 6.08 Å². The van der Waals surface area contributed by atoms with E-state index in [1.54, 1.807) is 0 Å². The Morgan fingerprint density at radius 3 is 2.60 bits per heavy atom. The molecule has 0 aromatic heterocycles. The molecule has 1 aromatic carbocycles. The molecule has 1 aromatic rings. The standard InChI is InChI=1S/C12H8ClF3O4/c1-19-8-4-6(13)2-5-3-7(11(17)18)10(12(14,15)16)20-9(5)8/h2-4,10H,1H3,(H,17,18)/t10-/m0/s1. The number of carboxylic acids is 1. The average molecular weight is 309 g/mol. The molecule has 108 valence electrons. The Kier molecular flexibility index (Phi) is 3.56. The molecule has 1 heterocycles. The Balaban J connectivity index is 2.62. The fourth-order valence-corrected chi connectivity index (χ4v) is 2.03. The van der Waals surface area contributed by atoms with Crippen molar-refractivity contribution in [1.29, 1.82) is 0 Å². The summed E-state index contributed by atoms with van der Waals surface area (Å²) in [5, 5.41) is 9.07. The summed E-state index contributed by atoms with van der Waals surface area (Å²) in [4.78, 5) is 10.9. The monoisotopic (exact) mass is 308 g/mol. The topological polar surface area (TPSA) is 55.8 Å². The Hall–Kier alpha value is -1.89. The number of fused-ring (bicyclic) bond motifs is 1. The molecule has 1 aliphatic heterocycles. The van der Waals surface area contributed by atoms with Gasteiger partial charge < -0.3 is 14.6 Å². The number of carboxylic acid groups (broad SMARTS) is 1. The molecule has 1 atom stereocenters. The molecule has 8 heteroatoms. The summed E-state index contributed by atoms with van der Waals surface area (Å²) >= 11 is 5.78. The van der Waals surface area contributed by atoms with Gasteiger partial charge in [0.15, 0.2) is 11.5 Å². The van der Waals surface area contributed by atoms with Crippen LogP contribution in [0.3, 0.4) is 0 Å². The molecule has 0 saturated heterocycles. The quantitative estimate of drug-likeness (QED) is 0.912. The van der Waals surface area contributed by atoms with Crippen molar-refractivity contribution in [2.24, 2.45) is 0 Å². The minimum Gasteiger partial charge on any atom is -0.493 e. The van der Waals surface area contributed by atoms with E-state index in [4.69, 9.17) is 26.2 Å². The Morgan fingerprint density at radius 2 is 2.10 bits per heavy atom. The first-order valence-corrected chi connectivity index (χ1v) is 5.67. The van der Waals surface area contributed by atoms with E-state index in [1.807, 2.05) is 0 Å². The van der Waals surface area contributed by atoms with Gasteiger partial charge in [0.2, 0.25) is 6.10 Å². The van der Waals surface area contributed by atoms with Gasteiger partial charge in [-0.15, -0.1) is 0 Å². The van der Waals surface area contributed by atoms with Crippen LogP contribution in [0.25, 0.3) is 6.08 Å². The van der Waals surface area contributed by atoms with Gasteiger partial charge in [0.25, 0.3) is 0 Å². The predicted molar refractivity (Wildman–Crippen MR) is 64.1 cm³/mol. The third-order valence-corrected chi connectivity index (χ3v) is 2.86. The summed E-state index contributed by atoms with van der Waals surface area (Å²) in [6.45, 7) is 0. The summed E-state index contributed by atoms with van der Waals surface area (Å²) in [5.74, 6) is -1.90. The van der Waals surface area contributed by atoms with E-state index in [2.05, 4.69) is 0 Å². The zero-order valence-corrected chi connectivity index (χ0v) is 10.7. The summed E-state index contributed by atoms with van der Waals surface area (Å²) in [6.07, 6.45) is -6.53. The van der Waals surface area contributed by atoms with Gasteiger partial charge in [-0.2, -0.15) is 13.2 Å². The number of hydrogen-bond acceptors (Lipinski definition) is 3. The molecule has 0 radical (unpaired) electrons. The molecule has 20 heavy (non-hydrogen) atoms. The van der Waals surface area contributed by atoms with Crippen LogP contribution in [0.5, 0.6) is 11.5 Å². The summed E-state index contributed by atoms with van der Waals surface area (Å²) in [6, 6.07) is 2.59. The number of carbonyl (C=O) groups is 1. The van der Waals surface area contributed by atoms with Gasteiger partial charge in [-0.25, -0.2) is 4.79 Å². The second kappa shape index (κ2) is 4.90. The molecule has 0 amide bonds. The number of halogens is 4. The van der Waals surface area contributed by atoms with E-state index in [9.17, 15) is 18.0 Å². The van der Waals surface area contributed by atoms with Crippen LogP contribution in [-0.4, -0.2) is 30.5 Å². The number of alkyl halides is 3. The minimum absolute atomic E-state index is 0.00226. The van der Waals surface area contributed by atoms with E-state index in [1.165, 1.54) is 19.2 Å². The first-order valence-electron chi connectivity index (χ1n) is 5.30. The highest BCUT2D eigenvalue weighted by Crippen LogP contribution is 2.43. The van der Waals surface area contributed by atoms with Gasteiger partial charge in [0.05, 0.1) is 12.7 Å². The third kappa shape index (κ3) is 2.53. The van der Waals surface area contributed by atoms with Crippen molar-refractivity contribution in [2.45, 2.75) is 12.3 Å². The Labute approximate surface area is 116 Å². The lowest BCUT2D eigenvalue weighted by molar-refractivity contribution is -0.187. The molecular formula is C12H8ClF3O4. The molecule has 1 N–H and O–H groups in total. The van der Waals surface area contributed by atoms with Crippen LogP contribution in [0.2, 0.25) is 5.02 Å². The van der Waals surface area contributed by atoms with Gasteiger partial charge in [0.1, 0.15) is 0 Å². The first kappa shape index (κ1) is 14.5. The van der Waals surface area contributed by atoms with Crippen molar-refractivity contribution in [3.05, 3.63) is 28.3 Å². The normalized spacial score (nSPS) is 17.9. The highest BCUT2D eigenvalue weighted by atomic mass is 35.5. The Bertz CT molecular complexity index is 595. The minimum atomic E-state index is -4.85. The predicted octanol–water partition coefficient (Wildman–Crippen LogP) is 3.14. The Morgan fingerprint density at radius 1 is 1.45 bits per heavy atom. The van der Waals surface area contributed by atoms with E-state index >= 15 is 0 Å². The van der Waals surface area contributed by atoms with Gasteiger partial charge in [-0.05, 0) is 12.1 Å². The van der Waals surface area contributed by atoms with Crippen molar-refractivity contribution < 1.29 is 32.5 Å². The van der Waals surface area contributed by atoms with Crippen LogP contribution in [0, 0.1) is 0 Å². The van der Waals surface area contributed by atoms with Crippen molar-refractivity contribution in [3.63, 3.8) is 0 Å². The van der Waals surface area contributed by atoms with Crippen molar-refractivity contribution in [2.75, 3.05) is 7.11 Å². The summed E-state index contributed by atoms with van der Waals surface area (Å²) < 4.78 is 48.3. The molecule has 0 unspecified atom stereocenters. The maximum Gasteiger partial charge on any atom is 0.430 e. The number of aliphatic carboxylic acids is 1. The fraction of sp³-hybridized carbons (Fsp3) is 0.250. The van der Waals surface area contributed by atoms with Gasteiger partial charge in [-0.3, -0.25) is 0 Å². The molecule has 0 saturated carbocycles. The fourth-order valence-electron chi connectivity index (χ4n) is 1.82. The van der Waals surface area contributed by atoms with E-state index < -0.39 is 23.8 Å². The molecule has 4 nitrogen and oxygen atoms in total. The lowest BCUT2D eigenvalue weighted by atomic mass is 10.0. The van der Waals surface area contributed by atoms with Crippen LogP contribution >= 0.6 is 11.6 Å². The summed E-state index contributed by atoms with van der Waals surface area (Å²) in [5.41, 5.74) is -0.790. The smallest absolute Gasteiger partial charge is 0.430 e. The highest BCUT2D eigenvalue weighted by Gasteiger charge is 2.49. The second-order valence-corrected chi connectivity index (χ2v) is 4.41. The zero-order chi connectivity index (χ0) is 15.1. The number of benzene rings is 1. The second-order valence-electron chi connectivity index (χ2n) is 3.97. The zero-order valence-electron chi connectivity index (χ0n) is 9.99. The molecule has 2 rings (SSSR count). The number of rotatable bonds is 2. The largest absolute Gasteiger partial charge is 0.493 e.